The Morgan fingerprint density at radius 1 is 0.339 bits per heavy atom. The fraction of sp³-hybridized carbons (Fsp3) is 0.900. The van der Waals surface area contributed by atoms with Gasteiger partial charge in [-0.3, -0.25) is 14.4 Å². The molecule has 0 aliphatic rings. The summed E-state index contributed by atoms with van der Waals surface area (Å²) in [7, 11) is 0. The van der Waals surface area contributed by atoms with E-state index in [4.69, 9.17) is 14.2 Å². The Morgan fingerprint density at radius 2 is 0.589 bits per heavy atom. The Hall–Kier alpha value is -1.85. The second-order valence-electron chi connectivity index (χ2n) is 16.7. The highest BCUT2D eigenvalue weighted by Crippen LogP contribution is 2.16. The molecule has 0 aromatic heterocycles. The molecule has 0 bridgehead atoms. The van der Waals surface area contributed by atoms with Gasteiger partial charge in [-0.2, -0.15) is 0 Å². The summed E-state index contributed by atoms with van der Waals surface area (Å²) in [5.41, 5.74) is 0. The molecule has 0 heterocycles. The third-order valence-electron chi connectivity index (χ3n) is 11.0. The predicted molar refractivity (Wildman–Crippen MR) is 238 cm³/mol. The number of rotatable bonds is 45. The summed E-state index contributed by atoms with van der Waals surface area (Å²) in [4.78, 5) is 37.8. The van der Waals surface area contributed by atoms with Crippen LogP contribution in [0.4, 0.5) is 0 Å². The smallest absolute Gasteiger partial charge is 0.306 e. The third-order valence-corrected chi connectivity index (χ3v) is 11.0. The highest BCUT2D eigenvalue weighted by Gasteiger charge is 2.19. The van der Waals surface area contributed by atoms with Gasteiger partial charge in [0.05, 0.1) is 0 Å². The quantitative estimate of drug-likeness (QED) is 0.0264. The van der Waals surface area contributed by atoms with Crippen molar-refractivity contribution < 1.29 is 28.6 Å². The lowest BCUT2D eigenvalue weighted by molar-refractivity contribution is -0.167. The van der Waals surface area contributed by atoms with E-state index in [0.29, 0.717) is 19.3 Å². The summed E-state index contributed by atoms with van der Waals surface area (Å²) in [5.74, 6) is -0.866. The Bertz CT molecular complexity index is 870. The lowest BCUT2D eigenvalue weighted by Gasteiger charge is -2.18. The van der Waals surface area contributed by atoms with Gasteiger partial charge in [0.15, 0.2) is 6.10 Å². The lowest BCUT2D eigenvalue weighted by atomic mass is 10.0. The van der Waals surface area contributed by atoms with Gasteiger partial charge in [0.2, 0.25) is 0 Å². The minimum atomic E-state index is -0.765. The largest absolute Gasteiger partial charge is 0.462 e. The summed E-state index contributed by atoms with van der Waals surface area (Å²) in [6.07, 6.45) is 49.1. The van der Waals surface area contributed by atoms with Crippen molar-refractivity contribution in [1.82, 2.24) is 0 Å². The van der Waals surface area contributed by atoms with Gasteiger partial charge in [-0.15, -0.1) is 0 Å². The Morgan fingerprint density at radius 3 is 0.893 bits per heavy atom. The van der Waals surface area contributed by atoms with Crippen molar-refractivity contribution in [2.75, 3.05) is 13.2 Å². The van der Waals surface area contributed by atoms with Gasteiger partial charge in [0, 0.05) is 19.3 Å². The molecule has 0 unspecified atom stereocenters. The van der Waals surface area contributed by atoms with E-state index in [-0.39, 0.29) is 31.1 Å². The third kappa shape index (κ3) is 43.3. The summed E-state index contributed by atoms with van der Waals surface area (Å²) in [5, 5.41) is 0. The molecule has 0 rings (SSSR count). The van der Waals surface area contributed by atoms with Crippen LogP contribution in [0.5, 0.6) is 0 Å². The molecule has 0 radical (unpaired) electrons. The fourth-order valence-electron chi connectivity index (χ4n) is 7.26. The molecule has 0 aliphatic heterocycles. The van der Waals surface area contributed by atoms with Gasteiger partial charge >= 0.3 is 17.9 Å². The summed E-state index contributed by atoms with van der Waals surface area (Å²) in [6, 6.07) is 0. The van der Waals surface area contributed by atoms with E-state index in [1.54, 1.807) is 0 Å². The van der Waals surface area contributed by atoms with Gasteiger partial charge < -0.3 is 14.2 Å². The predicted octanol–water partition coefficient (Wildman–Crippen LogP) is 15.8. The molecule has 56 heavy (non-hydrogen) atoms. The van der Waals surface area contributed by atoms with Gasteiger partial charge in [0.25, 0.3) is 0 Å². The molecule has 0 spiro atoms. The molecule has 330 valence electrons. The zero-order valence-corrected chi connectivity index (χ0v) is 37.7. The molecular formula is C50H94O6. The molecule has 0 aliphatic carbocycles. The van der Waals surface area contributed by atoms with E-state index >= 15 is 0 Å². The molecule has 0 amide bonds. The number of hydrogen-bond acceptors (Lipinski definition) is 6. The number of ether oxygens (including phenoxy) is 3. The van der Waals surface area contributed by atoms with Crippen molar-refractivity contribution in [3.63, 3.8) is 0 Å². The van der Waals surface area contributed by atoms with Crippen LogP contribution in [-0.2, 0) is 28.6 Å². The van der Waals surface area contributed by atoms with E-state index < -0.39 is 6.10 Å². The monoisotopic (exact) mass is 791 g/mol. The van der Waals surface area contributed by atoms with Crippen molar-refractivity contribution in [2.24, 2.45) is 0 Å². The maximum absolute atomic E-state index is 12.7. The summed E-state index contributed by atoms with van der Waals surface area (Å²) in [6.45, 7) is 6.63. The van der Waals surface area contributed by atoms with Crippen molar-refractivity contribution in [3.8, 4) is 0 Å². The molecule has 6 heteroatoms. The first-order valence-electron chi connectivity index (χ1n) is 24.7. The van der Waals surface area contributed by atoms with Crippen LogP contribution in [0.25, 0.3) is 0 Å². The number of allylic oxidation sites excluding steroid dienone is 2. The first-order chi connectivity index (χ1) is 27.5. The van der Waals surface area contributed by atoms with Gasteiger partial charge in [0.1, 0.15) is 13.2 Å². The number of unbranched alkanes of at least 4 members (excludes halogenated alkanes) is 32. The summed E-state index contributed by atoms with van der Waals surface area (Å²) < 4.78 is 16.7. The van der Waals surface area contributed by atoms with E-state index in [1.807, 2.05) is 0 Å². The number of carbonyl (C=O) groups excluding carboxylic acids is 3. The average Bonchev–Trinajstić information content (AvgIpc) is 3.19. The van der Waals surface area contributed by atoms with Crippen LogP contribution in [0, 0.1) is 0 Å². The van der Waals surface area contributed by atoms with Crippen LogP contribution in [0.1, 0.15) is 271 Å². The Balaban J connectivity index is 4.31. The van der Waals surface area contributed by atoms with Crippen molar-refractivity contribution in [1.29, 1.82) is 0 Å². The number of hydrogen-bond donors (Lipinski definition) is 0. The van der Waals surface area contributed by atoms with Crippen molar-refractivity contribution in [2.45, 2.75) is 277 Å². The highest BCUT2D eigenvalue weighted by atomic mass is 16.6. The Labute approximate surface area is 348 Å². The van der Waals surface area contributed by atoms with E-state index in [2.05, 4.69) is 32.9 Å². The molecule has 0 aromatic rings. The average molecular weight is 791 g/mol. The van der Waals surface area contributed by atoms with Crippen LogP contribution >= 0.6 is 0 Å². The number of carbonyl (C=O) groups is 3. The normalized spacial score (nSPS) is 12.0. The van der Waals surface area contributed by atoms with Gasteiger partial charge in [-0.25, -0.2) is 0 Å². The first-order valence-corrected chi connectivity index (χ1v) is 24.7. The van der Waals surface area contributed by atoms with E-state index in [9.17, 15) is 14.4 Å². The lowest BCUT2D eigenvalue weighted by Crippen LogP contribution is -2.30. The molecule has 0 saturated heterocycles. The van der Waals surface area contributed by atoms with E-state index in [0.717, 1.165) is 64.2 Å². The summed E-state index contributed by atoms with van der Waals surface area (Å²) >= 11 is 0. The van der Waals surface area contributed by atoms with Crippen LogP contribution in [0.15, 0.2) is 12.2 Å². The second-order valence-corrected chi connectivity index (χ2v) is 16.7. The fourth-order valence-corrected chi connectivity index (χ4v) is 7.26. The molecule has 0 fully saturated rings. The SMILES string of the molecule is CCCCCCCC/C=C\CCCCCCCC(=O)OC[C@@H](COC(=O)CCCCCCCCCCC)OC(=O)CCCCCCCCCCCCCCCC. The molecule has 1 atom stereocenters. The van der Waals surface area contributed by atoms with Crippen LogP contribution < -0.4 is 0 Å². The maximum atomic E-state index is 12.7. The topological polar surface area (TPSA) is 78.9 Å². The van der Waals surface area contributed by atoms with Gasteiger partial charge in [-0.05, 0) is 44.9 Å². The van der Waals surface area contributed by atoms with Crippen LogP contribution in [0.3, 0.4) is 0 Å². The zero-order valence-electron chi connectivity index (χ0n) is 37.7. The molecule has 0 saturated carbocycles. The molecule has 6 nitrogen and oxygen atoms in total. The standard InChI is InChI=1S/C50H94O6/c1-4-7-10-13-16-19-21-23-25-27-28-31-34-37-40-43-49(52)55-46-47(45-54-48(51)42-39-36-33-30-18-15-12-9-6-3)56-50(53)44-41-38-35-32-29-26-24-22-20-17-14-11-8-5-2/h23,25,47H,4-22,24,26-46H2,1-3H3/b25-23-/t47-/m1/s1. The van der Waals surface area contributed by atoms with Crippen molar-refractivity contribution >= 4 is 17.9 Å². The zero-order chi connectivity index (χ0) is 40.8. The van der Waals surface area contributed by atoms with Crippen LogP contribution in [-0.4, -0.2) is 37.2 Å². The molecule has 0 N–H and O–H groups in total. The minimum Gasteiger partial charge on any atom is -0.462 e. The van der Waals surface area contributed by atoms with Crippen LogP contribution in [0.2, 0.25) is 0 Å². The second kappa shape index (κ2) is 45.8. The van der Waals surface area contributed by atoms with E-state index in [1.165, 1.54) is 167 Å². The van der Waals surface area contributed by atoms with Gasteiger partial charge in [-0.1, -0.05) is 219 Å². The molecule has 0 aromatic carbocycles. The highest BCUT2D eigenvalue weighted by molar-refractivity contribution is 5.71. The minimum absolute atomic E-state index is 0.0680. The number of esters is 3. The Kier molecular flexibility index (Phi) is 44.3. The first kappa shape index (κ1) is 54.2. The molecular weight excluding hydrogens is 697 g/mol. The maximum Gasteiger partial charge on any atom is 0.306 e. The van der Waals surface area contributed by atoms with Crippen molar-refractivity contribution in [3.05, 3.63) is 12.2 Å².